The summed E-state index contributed by atoms with van der Waals surface area (Å²) in [5, 5.41) is 8.94. The van der Waals surface area contributed by atoms with E-state index >= 15 is 0 Å². The highest BCUT2D eigenvalue weighted by Gasteiger charge is 2.22. The van der Waals surface area contributed by atoms with Crippen LogP contribution in [0.2, 0.25) is 0 Å². The van der Waals surface area contributed by atoms with Crippen molar-refractivity contribution in [2.45, 2.75) is 38.1 Å². The van der Waals surface area contributed by atoms with Crippen molar-refractivity contribution in [1.82, 2.24) is 4.90 Å². The zero-order chi connectivity index (χ0) is 11.1. The van der Waals surface area contributed by atoms with Crippen LogP contribution in [0.4, 0.5) is 0 Å². The van der Waals surface area contributed by atoms with Gasteiger partial charge in [-0.2, -0.15) is 0 Å². The minimum Gasteiger partial charge on any atom is -0.469 e. The molecular formula is C11H21NO3. The Morgan fingerprint density at radius 3 is 3.00 bits per heavy atom. The van der Waals surface area contributed by atoms with Crippen LogP contribution in [0.3, 0.4) is 0 Å². The molecule has 0 radical (unpaired) electrons. The second-order valence-electron chi connectivity index (χ2n) is 4.02. The van der Waals surface area contributed by atoms with Crippen LogP contribution in [0.25, 0.3) is 0 Å². The molecule has 0 saturated carbocycles. The van der Waals surface area contributed by atoms with Gasteiger partial charge >= 0.3 is 5.97 Å². The number of hydrogen-bond acceptors (Lipinski definition) is 4. The lowest BCUT2D eigenvalue weighted by Gasteiger charge is -2.35. The van der Waals surface area contributed by atoms with Gasteiger partial charge < -0.3 is 9.84 Å². The number of nitrogens with zero attached hydrogens (tertiary/aromatic N) is 1. The van der Waals surface area contributed by atoms with E-state index in [-0.39, 0.29) is 12.6 Å². The third kappa shape index (κ3) is 4.18. The minimum atomic E-state index is -0.150. The molecular weight excluding hydrogens is 194 g/mol. The SMILES string of the molecule is COC(=O)CCN1CCCCC1CCO. The number of rotatable bonds is 5. The van der Waals surface area contributed by atoms with Gasteiger partial charge in [0.2, 0.25) is 0 Å². The monoisotopic (exact) mass is 215 g/mol. The van der Waals surface area contributed by atoms with Crippen LogP contribution < -0.4 is 0 Å². The molecule has 4 heteroatoms. The largest absolute Gasteiger partial charge is 0.469 e. The fourth-order valence-corrected chi connectivity index (χ4v) is 2.17. The maximum Gasteiger partial charge on any atom is 0.306 e. The van der Waals surface area contributed by atoms with E-state index in [0.29, 0.717) is 12.5 Å². The Morgan fingerprint density at radius 2 is 2.33 bits per heavy atom. The second-order valence-corrected chi connectivity index (χ2v) is 4.02. The number of likely N-dealkylation sites (tertiary alicyclic amines) is 1. The van der Waals surface area contributed by atoms with E-state index < -0.39 is 0 Å². The number of carbonyl (C=O) groups is 1. The van der Waals surface area contributed by atoms with Gasteiger partial charge in [-0.05, 0) is 25.8 Å². The van der Waals surface area contributed by atoms with Gasteiger partial charge in [0, 0.05) is 19.2 Å². The summed E-state index contributed by atoms with van der Waals surface area (Å²) in [6.07, 6.45) is 4.85. The third-order valence-corrected chi connectivity index (χ3v) is 3.04. The zero-order valence-electron chi connectivity index (χ0n) is 9.45. The molecule has 1 atom stereocenters. The van der Waals surface area contributed by atoms with Crippen molar-refractivity contribution in [2.75, 3.05) is 26.8 Å². The average Bonchev–Trinajstić information content (AvgIpc) is 2.28. The van der Waals surface area contributed by atoms with Gasteiger partial charge in [-0.25, -0.2) is 0 Å². The summed E-state index contributed by atoms with van der Waals surface area (Å²) >= 11 is 0. The predicted molar refractivity (Wildman–Crippen MR) is 57.5 cm³/mol. The van der Waals surface area contributed by atoms with Gasteiger partial charge in [0.25, 0.3) is 0 Å². The summed E-state index contributed by atoms with van der Waals surface area (Å²) in [5.41, 5.74) is 0. The lowest BCUT2D eigenvalue weighted by Crippen LogP contribution is -2.41. The van der Waals surface area contributed by atoms with Crippen LogP contribution in [0, 0.1) is 0 Å². The lowest BCUT2D eigenvalue weighted by atomic mass is 9.99. The van der Waals surface area contributed by atoms with Crippen molar-refractivity contribution in [3.63, 3.8) is 0 Å². The summed E-state index contributed by atoms with van der Waals surface area (Å²) < 4.78 is 4.62. The van der Waals surface area contributed by atoms with Crippen LogP contribution >= 0.6 is 0 Å². The smallest absolute Gasteiger partial charge is 0.306 e. The first-order chi connectivity index (χ1) is 7.27. The van der Waals surface area contributed by atoms with E-state index in [1.807, 2.05) is 0 Å². The third-order valence-electron chi connectivity index (χ3n) is 3.04. The van der Waals surface area contributed by atoms with Crippen LogP contribution in [-0.2, 0) is 9.53 Å². The Morgan fingerprint density at radius 1 is 1.53 bits per heavy atom. The van der Waals surface area contributed by atoms with Gasteiger partial charge in [-0.3, -0.25) is 9.69 Å². The molecule has 15 heavy (non-hydrogen) atoms. The molecule has 0 spiro atoms. The highest BCUT2D eigenvalue weighted by molar-refractivity contribution is 5.69. The molecule has 1 unspecified atom stereocenters. The summed E-state index contributed by atoms with van der Waals surface area (Å²) in [7, 11) is 1.42. The van der Waals surface area contributed by atoms with Gasteiger partial charge in [0.05, 0.1) is 13.5 Å². The molecule has 1 aliphatic heterocycles. The molecule has 1 aliphatic rings. The van der Waals surface area contributed by atoms with Crippen molar-refractivity contribution >= 4 is 5.97 Å². The fraction of sp³-hybridized carbons (Fsp3) is 0.909. The first kappa shape index (κ1) is 12.5. The number of aliphatic hydroxyl groups is 1. The normalized spacial score (nSPS) is 22.7. The number of hydrogen-bond donors (Lipinski definition) is 1. The molecule has 0 aromatic heterocycles. The molecule has 0 bridgehead atoms. The number of piperidine rings is 1. The number of carbonyl (C=O) groups excluding carboxylic acids is 1. The van der Waals surface area contributed by atoms with E-state index in [4.69, 9.17) is 5.11 Å². The lowest BCUT2D eigenvalue weighted by molar-refractivity contribution is -0.141. The molecule has 0 aliphatic carbocycles. The molecule has 1 fully saturated rings. The fourth-order valence-electron chi connectivity index (χ4n) is 2.17. The van der Waals surface area contributed by atoms with Crippen molar-refractivity contribution in [3.05, 3.63) is 0 Å². The van der Waals surface area contributed by atoms with E-state index in [1.165, 1.54) is 20.0 Å². The van der Waals surface area contributed by atoms with E-state index in [2.05, 4.69) is 9.64 Å². The molecule has 1 rings (SSSR count). The minimum absolute atomic E-state index is 0.150. The Balaban J connectivity index is 2.32. The first-order valence-electron chi connectivity index (χ1n) is 5.69. The molecule has 1 heterocycles. The maximum atomic E-state index is 11.0. The van der Waals surface area contributed by atoms with Gasteiger partial charge in [-0.1, -0.05) is 6.42 Å². The molecule has 0 aromatic carbocycles. The first-order valence-corrected chi connectivity index (χ1v) is 5.69. The summed E-state index contributed by atoms with van der Waals surface area (Å²) in [6.45, 7) is 2.04. The molecule has 0 aromatic rings. The summed E-state index contributed by atoms with van der Waals surface area (Å²) in [4.78, 5) is 13.3. The number of aliphatic hydroxyl groups excluding tert-OH is 1. The molecule has 1 saturated heterocycles. The Bertz CT molecular complexity index is 194. The number of methoxy groups -OCH3 is 1. The quantitative estimate of drug-likeness (QED) is 0.689. The maximum absolute atomic E-state index is 11.0. The number of esters is 1. The van der Waals surface area contributed by atoms with Gasteiger partial charge in [-0.15, -0.1) is 0 Å². The molecule has 88 valence electrons. The highest BCUT2D eigenvalue weighted by Crippen LogP contribution is 2.19. The van der Waals surface area contributed by atoms with Crippen LogP contribution in [-0.4, -0.2) is 48.8 Å². The average molecular weight is 215 g/mol. The van der Waals surface area contributed by atoms with Gasteiger partial charge in [0.1, 0.15) is 0 Å². The summed E-state index contributed by atoms with van der Waals surface area (Å²) in [6, 6.07) is 0.452. The van der Waals surface area contributed by atoms with Gasteiger partial charge in [0.15, 0.2) is 0 Å². The standard InChI is InChI=1S/C11H21NO3/c1-15-11(14)5-8-12-7-3-2-4-10(12)6-9-13/h10,13H,2-9H2,1H3. The predicted octanol–water partition coefficient (Wildman–Crippen LogP) is 0.786. The Kier molecular flexibility index (Phi) is 5.65. The van der Waals surface area contributed by atoms with Crippen molar-refractivity contribution in [3.8, 4) is 0 Å². The highest BCUT2D eigenvalue weighted by atomic mass is 16.5. The Labute approximate surface area is 91.2 Å². The molecule has 4 nitrogen and oxygen atoms in total. The number of ether oxygens (including phenoxy) is 1. The molecule has 1 N–H and O–H groups in total. The van der Waals surface area contributed by atoms with E-state index in [0.717, 1.165) is 25.9 Å². The second kappa shape index (κ2) is 6.80. The summed E-state index contributed by atoms with van der Waals surface area (Å²) in [5.74, 6) is -0.150. The van der Waals surface area contributed by atoms with Crippen LogP contribution in [0.15, 0.2) is 0 Å². The van der Waals surface area contributed by atoms with Crippen molar-refractivity contribution in [1.29, 1.82) is 0 Å². The Hall–Kier alpha value is -0.610. The topological polar surface area (TPSA) is 49.8 Å². The van der Waals surface area contributed by atoms with Crippen LogP contribution in [0.1, 0.15) is 32.1 Å². The molecule has 0 amide bonds. The van der Waals surface area contributed by atoms with Crippen LogP contribution in [0.5, 0.6) is 0 Å². The van der Waals surface area contributed by atoms with Crippen molar-refractivity contribution in [2.24, 2.45) is 0 Å². The van der Waals surface area contributed by atoms with E-state index in [1.54, 1.807) is 0 Å². The van der Waals surface area contributed by atoms with Crippen molar-refractivity contribution < 1.29 is 14.6 Å². The van der Waals surface area contributed by atoms with E-state index in [9.17, 15) is 4.79 Å². The zero-order valence-corrected chi connectivity index (χ0v) is 9.45.